The summed E-state index contributed by atoms with van der Waals surface area (Å²) in [6, 6.07) is 8.28. The van der Waals surface area contributed by atoms with Crippen molar-refractivity contribution in [1.29, 1.82) is 0 Å². The summed E-state index contributed by atoms with van der Waals surface area (Å²) in [6.45, 7) is 1.58. The number of hydrogen-bond donors (Lipinski definition) is 2. The second kappa shape index (κ2) is 12.8. The maximum absolute atomic E-state index is 5.18. The average Bonchev–Trinajstić information content (AvgIpc) is 3.14. The molecule has 0 saturated heterocycles. The zero-order valence-electron chi connectivity index (χ0n) is 16.5. The lowest BCUT2D eigenvalue weighted by atomic mass is 10.1. The van der Waals surface area contributed by atoms with E-state index in [1.807, 2.05) is 31.1 Å². The fourth-order valence-corrected chi connectivity index (χ4v) is 3.19. The molecular weight excluding hydrogens is 473 g/mol. The molecule has 0 amide bonds. The Bertz CT molecular complexity index is 688. The summed E-state index contributed by atoms with van der Waals surface area (Å²) in [5.41, 5.74) is 2.37. The van der Waals surface area contributed by atoms with Crippen LogP contribution in [0.15, 0.2) is 34.6 Å². The Morgan fingerprint density at radius 3 is 2.52 bits per heavy atom. The Balaban J connectivity index is 0.00000364. The van der Waals surface area contributed by atoms with E-state index < -0.39 is 0 Å². The van der Waals surface area contributed by atoms with Crippen molar-refractivity contribution >= 4 is 46.4 Å². The van der Waals surface area contributed by atoms with Crippen LogP contribution in [0, 0.1) is 0 Å². The van der Waals surface area contributed by atoms with E-state index in [9.17, 15) is 0 Å². The van der Waals surface area contributed by atoms with Gasteiger partial charge in [-0.15, -0.1) is 35.3 Å². The average molecular weight is 503 g/mol. The monoisotopic (exact) mass is 503 g/mol. The number of nitrogens with zero attached hydrogens (tertiary/aromatic N) is 3. The van der Waals surface area contributed by atoms with E-state index >= 15 is 0 Å². The SMILES string of the molecule is CN=C(NCCCCc1ccc(OC)cc1)NCc1csc(N(C)C)n1.I. The molecule has 8 heteroatoms. The molecule has 2 N–H and O–H groups in total. The Morgan fingerprint density at radius 1 is 1.19 bits per heavy atom. The summed E-state index contributed by atoms with van der Waals surface area (Å²) in [5, 5.41) is 9.76. The Hall–Kier alpha value is -1.55. The van der Waals surface area contributed by atoms with Gasteiger partial charge in [0.15, 0.2) is 11.1 Å². The zero-order chi connectivity index (χ0) is 18.8. The Kier molecular flexibility index (Phi) is 11.1. The molecule has 0 spiro atoms. The smallest absolute Gasteiger partial charge is 0.191 e. The summed E-state index contributed by atoms with van der Waals surface area (Å²) >= 11 is 1.65. The van der Waals surface area contributed by atoms with Crippen LogP contribution in [0.3, 0.4) is 0 Å². The number of ether oxygens (including phenoxy) is 1. The molecule has 0 unspecified atom stereocenters. The van der Waals surface area contributed by atoms with Gasteiger partial charge in [0.05, 0.1) is 19.3 Å². The first-order valence-corrected chi connectivity index (χ1v) is 9.69. The zero-order valence-corrected chi connectivity index (χ0v) is 19.6. The third-order valence-electron chi connectivity index (χ3n) is 3.93. The number of halogens is 1. The van der Waals surface area contributed by atoms with E-state index in [1.54, 1.807) is 25.5 Å². The number of aromatic nitrogens is 1. The summed E-state index contributed by atoms with van der Waals surface area (Å²) in [6.07, 6.45) is 3.30. The number of methoxy groups -OCH3 is 1. The molecule has 0 saturated carbocycles. The first-order valence-electron chi connectivity index (χ1n) is 8.81. The quantitative estimate of drug-likeness (QED) is 0.237. The van der Waals surface area contributed by atoms with Gasteiger partial charge in [-0.05, 0) is 37.0 Å². The van der Waals surface area contributed by atoms with Crippen molar-refractivity contribution in [3.05, 3.63) is 40.9 Å². The van der Waals surface area contributed by atoms with Crippen LogP contribution in [0.2, 0.25) is 0 Å². The minimum Gasteiger partial charge on any atom is -0.497 e. The molecule has 27 heavy (non-hydrogen) atoms. The number of hydrogen-bond acceptors (Lipinski definition) is 5. The van der Waals surface area contributed by atoms with Gasteiger partial charge in [0, 0.05) is 33.1 Å². The van der Waals surface area contributed by atoms with Gasteiger partial charge in [0.2, 0.25) is 0 Å². The van der Waals surface area contributed by atoms with Crippen LogP contribution in [0.25, 0.3) is 0 Å². The minimum atomic E-state index is 0. The minimum absolute atomic E-state index is 0. The third-order valence-corrected chi connectivity index (χ3v) is 4.98. The van der Waals surface area contributed by atoms with Crippen LogP contribution in [-0.2, 0) is 13.0 Å². The fraction of sp³-hybridized carbons (Fsp3) is 0.474. The Labute approximate surface area is 183 Å². The lowest BCUT2D eigenvalue weighted by Gasteiger charge is -2.11. The van der Waals surface area contributed by atoms with Gasteiger partial charge in [-0.1, -0.05) is 12.1 Å². The first kappa shape index (κ1) is 23.5. The predicted octanol–water partition coefficient (Wildman–Crippen LogP) is 3.52. The summed E-state index contributed by atoms with van der Waals surface area (Å²) in [5.74, 6) is 1.72. The number of aryl methyl sites for hydroxylation is 1. The van der Waals surface area contributed by atoms with E-state index in [0.717, 1.165) is 48.3 Å². The van der Waals surface area contributed by atoms with Gasteiger partial charge in [-0.2, -0.15) is 0 Å². The van der Waals surface area contributed by atoms with Crippen molar-refractivity contribution in [3.8, 4) is 5.75 Å². The maximum atomic E-state index is 5.18. The topological polar surface area (TPSA) is 61.8 Å². The summed E-state index contributed by atoms with van der Waals surface area (Å²) in [4.78, 5) is 10.8. The first-order chi connectivity index (χ1) is 12.6. The van der Waals surface area contributed by atoms with Gasteiger partial charge in [-0.3, -0.25) is 4.99 Å². The molecule has 1 aromatic heterocycles. The normalized spacial score (nSPS) is 10.9. The van der Waals surface area contributed by atoms with E-state index in [2.05, 4.69) is 38.1 Å². The molecule has 0 aliphatic carbocycles. The molecule has 2 rings (SSSR count). The molecule has 0 atom stereocenters. The van der Waals surface area contributed by atoms with Crippen molar-refractivity contribution in [3.63, 3.8) is 0 Å². The molecule has 0 radical (unpaired) electrons. The standard InChI is InChI=1S/C19H29N5OS.HI/c1-20-18(22-13-16-14-26-19(23-16)24(2)3)21-12-6-5-7-15-8-10-17(25-4)11-9-15;/h8-11,14H,5-7,12-13H2,1-4H3,(H2,20,21,22);1H. The number of benzene rings is 1. The van der Waals surface area contributed by atoms with Crippen LogP contribution < -0.4 is 20.3 Å². The summed E-state index contributed by atoms with van der Waals surface area (Å²) in [7, 11) is 7.49. The molecule has 1 aromatic carbocycles. The molecule has 1 heterocycles. The van der Waals surface area contributed by atoms with Crippen molar-refractivity contribution in [1.82, 2.24) is 15.6 Å². The number of rotatable bonds is 9. The van der Waals surface area contributed by atoms with Crippen LogP contribution >= 0.6 is 35.3 Å². The molecule has 0 fully saturated rings. The molecule has 0 aliphatic rings. The van der Waals surface area contributed by atoms with Crippen LogP contribution in [0.5, 0.6) is 5.75 Å². The van der Waals surface area contributed by atoms with Crippen LogP contribution in [0.1, 0.15) is 24.1 Å². The molecule has 0 bridgehead atoms. The van der Waals surface area contributed by atoms with Gasteiger partial charge in [0.25, 0.3) is 0 Å². The second-order valence-electron chi connectivity index (χ2n) is 6.17. The fourth-order valence-electron chi connectivity index (χ4n) is 2.43. The summed E-state index contributed by atoms with van der Waals surface area (Å²) < 4.78 is 5.18. The molecular formula is C19H30IN5OS. The third kappa shape index (κ3) is 8.34. The van der Waals surface area contributed by atoms with Gasteiger partial charge < -0.3 is 20.3 Å². The van der Waals surface area contributed by atoms with E-state index in [4.69, 9.17) is 4.74 Å². The highest BCUT2D eigenvalue weighted by Gasteiger charge is 2.04. The lowest BCUT2D eigenvalue weighted by Crippen LogP contribution is -2.37. The van der Waals surface area contributed by atoms with Gasteiger partial charge >= 0.3 is 0 Å². The Morgan fingerprint density at radius 2 is 1.93 bits per heavy atom. The highest BCUT2D eigenvalue weighted by Crippen LogP contribution is 2.17. The van der Waals surface area contributed by atoms with E-state index in [0.29, 0.717) is 6.54 Å². The molecule has 0 aliphatic heterocycles. The predicted molar refractivity (Wildman–Crippen MR) is 126 cm³/mol. The number of unbranched alkanes of at least 4 members (excludes halogenated alkanes) is 1. The van der Waals surface area contributed by atoms with Crippen molar-refractivity contribution in [2.75, 3.05) is 39.7 Å². The van der Waals surface area contributed by atoms with Crippen LogP contribution in [-0.4, -0.2) is 45.7 Å². The number of nitrogens with one attached hydrogen (secondary N) is 2. The highest BCUT2D eigenvalue weighted by molar-refractivity contribution is 14.0. The molecule has 150 valence electrons. The van der Waals surface area contributed by atoms with Gasteiger partial charge in [0.1, 0.15) is 5.75 Å². The number of anilines is 1. The number of thiazole rings is 1. The number of guanidine groups is 1. The molecule has 6 nitrogen and oxygen atoms in total. The second-order valence-corrected chi connectivity index (χ2v) is 7.01. The van der Waals surface area contributed by atoms with Crippen molar-refractivity contribution < 1.29 is 4.74 Å². The van der Waals surface area contributed by atoms with Crippen molar-refractivity contribution in [2.45, 2.75) is 25.8 Å². The van der Waals surface area contributed by atoms with E-state index in [-0.39, 0.29) is 24.0 Å². The largest absolute Gasteiger partial charge is 0.497 e. The highest BCUT2D eigenvalue weighted by atomic mass is 127. The number of aliphatic imine (C=N–C) groups is 1. The van der Waals surface area contributed by atoms with Gasteiger partial charge in [-0.25, -0.2) is 4.98 Å². The van der Waals surface area contributed by atoms with Crippen LogP contribution in [0.4, 0.5) is 5.13 Å². The maximum Gasteiger partial charge on any atom is 0.191 e. The lowest BCUT2D eigenvalue weighted by molar-refractivity contribution is 0.414. The van der Waals surface area contributed by atoms with E-state index in [1.165, 1.54) is 5.56 Å². The van der Waals surface area contributed by atoms with Crippen molar-refractivity contribution in [2.24, 2.45) is 4.99 Å². The molecule has 2 aromatic rings.